The van der Waals surface area contributed by atoms with Crippen LogP contribution in [0.1, 0.15) is 27.7 Å². The Kier molecular flexibility index (Phi) is 7.67. The summed E-state index contributed by atoms with van der Waals surface area (Å²) < 4.78 is 52.6. The molecular formula is C19H26BrF3N2O4. The number of hydrogen-bond acceptors (Lipinski definition) is 5. The van der Waals surface area contributed by atoms with E-state index in [0.717, 1.165) is 0 Å². The van der Waals surface area contributed by atoms with E-state index in [9.17, 15) is 18.0 Å². The van der Waals surface area contributed by atoms with E-state index < -0.39 is 12.0 Å². The summed E-state index contributed by atoms with van der Waals surface area (Å²) in [7, 11) is 0. The largest absolute Gasteiger partial charge is 0.573 e. The third-order valence-electron chi connectivity index (χ3n) is 4.14. The lowest BCUT2D eigenvalue weighted by Gasteiger charge is -2.40. The molecule has 0 aliphatic carbocycles. The molecule has 10 heteroatoms. The minimum atomic E-state index is -4.75. The van der Waals surface area contributed by atoms with Crippen molar-refractivity contribution in [3.63, 3.8) is 0 Å². The van der Waals surface area contributed by atoms with Crippen molar-refractivity contribution in [2.24, 2.45) is 0 Å². The maximum Gasteiger partial charge on any atom is 0.573 e. The van der Waals surface area contributed by atoms with Crippen LogP contribution >= 0.6 is 15.9 Å². The molecule has 1 amide bonds. The lowest BCUT2D eigenvalue weighted by Crippen LogP contribution is -2.55. The van der Waals surface area contributed by atoms with E-state index in [4.69, 9.17) is 9.47 Å². The normalized spacial score (nSPS) is 18.5. The second kappa shape index (κ2) is 9.42. The third kappa shape index (κ3) is 7.93. The molecule has 0 spiro atoms. The molecule has 0 bridgehead atoms. The van der Waals surface area contributed by atoms with Gasteiger partial charge in [0, 0.05) is 38.3 Å². The highest BCUT2D eigenvalue weighted by Gasteiger charge is 2.32. The first kappa shape index (κ1) is 23.6. The SMILES string of the molecule is C[C@@H]1CN(CCOc2cc(OC(F)(F)F)ccc2Br)CCN1C(=O)OC(C)(C)C. The Morgan fingerprint density at radius 1 is 1.24 bits per heavy atom. The molecule has 0 aromatic heterocycles. The number of ether oxygens (including phenoxy) is 3. The van der Waals surface area contributed by atoms with E-state index in [1.165, 1.54) is 18.2 Å². The van der Waals surface area contributed by atoms with Crippen LogP contribution in [-0.2, 0) is 4.74 Å². The molecule has 1 aliphatic heterocycles. The van der Waals surface area contributed by atoms with E-state index in [1.807, 2.05) is 27.7 Å². The van der Waals surface area contributed by atoms with Crippen LogP contribution in [0.3, 0.4) is 0 Å². The summed E-state index contributed by atoms with van der Waals surface area (Å²) in [5, 5.41) is 0. The van der Waals surface area contributed by atoms with Crippen LogP contribution in [0.2, 0.25) is 0 Å². The fourth-order valence-corrected chi connectivity index (χ4v) is 3.27. The topological polar surface area (TPSA) is 51.2 Å². The molecule has 2 rings (SSSR count). The molecule has 1 fully saturated rings. The Morgan fingerprint density at radius 3 is 2.52 bits per heavy atom. The summed E-state index contributed by atoms with van der Waals surface area (Å²) in [4.78, 5) is 16.1. The Balaban J connectivity index is 1.83. The average Bonchev–Trinajstić information content (AvgIpc) is 2.54. The maximum atomic E-state index is 12.4. The van der Waals surface area contributed by atoms with Gasteiger partial charge >= 0.3 is 12.5 Å². The second-order valence-corrected chi connectivity index (χ2v) is 8.67. The molecule has 1 aromatic rings. The van der Waals surface area contributed by atoms with Crippen LogP contribution in [0.4, 0.5) is 18.0 Å². The van der Waals surface area contributed by atoms with Gasteiger partial charge < -0.3 is 19.1 Å². The van der Waals surface area contributed by atoms with Crippen molar-refractivity contribution in [1.82, 2.24) is 9.80 Å². The molecule has 1 aliphatic rings. The number of piperazine rings is 1. The number of alkyl halides is 3. The molecule has 0 N–H and O–H groups in total. The zero-order valence-electron chi connectivity index (χ0n) is 16.9. The molecule has 1 saturated heterocycles. The van der Waals surface area contributed by atoms with Gasteiger partial charge in [0.05, 0.1) is 4.47 Å². The Labute approximate surface area is 177 Å². The summed E-state index contributed by atoms with van der Waals surface area (Å²) in [5.74, 6) is -0.0671. The first-order valence-corrected chi connectivity index (χ1v) is 10.0. The summed E-state index contributed by atoms with van der Waals surface area (Å²) in [6.07, 6.45) is -5.08. The minimum Gasteiger partial charge on any atom is -0.491 e. The van der Waals surface area contributed by atoms with Gasteiger partial charge in [-0.3, -0.25) is 4.90 Å². The number of halogens is 4. The molecule has 1 aromatic carbocycles. The monoisotopic (exact) mass is 482 g/mol. The van der Waals surface area contributed by atoms with Gasteiger partial charge in [0.2, 0.25) is 0 Å². The summed E-state index contributed by atoms with van der Waals surface area (Å²) in [6, 6.07) is 3.83. The number of carbonyl (C=O) groups excluding carboxylic acids is 1. The van der Waals surface area contributed by atoms with Crippen LogP contribution in [0, 0.1) is 0 Å². The van der Waals surface area contributed by atoms with Gasteiger partial charge in [-0.1, -0.05) is 0 Å². The fourth-order valence-electron chi connectivity index (χ4n) is 2.90. The minimum absolute atomic E-state index is 0.0196. The Morgan fingerprint density at radius 2 is 1.93 bits per heavy atom. The van der Waals surface area contributed by atoms with Gasteiger partial charge in [-0.2, -0.15) is 0 Å². The van der Waals surface area contributed by atoms with Gasteiger partial charge in [-0.25, -0.2) is 4.79 Å². The van der Waals surface area contributed by atoms with Gasteiger partial charge in [-0.15, -0.1) is 13.2 Å². The third-order valence-corrected chi connectivity index (χ3v) is 4.80. The number of nitrogens with zero attached hydrogens (tertiary/aromatic N) is 2. The van der Waals surface area contributed by atoms with Crippen molar-refractivity contribution in [2.75, 3.05) is 32.8 Å². The van der Waals surface area contributed by atoms with Crippen molar-refractivity contribution in [2.45, 2.75) is 45.7 Å². The number of benzene rings is 1. The molecule has 164 valence electrons. The highest BCUT2D eigenvalue weighted by atomic mass is 79.9. The predicted octanol–water partition coefficient (Wildman–Crippen LogP) is 4.67. The van der Waals surface area contributed by atoms with E-state index >= 15 is 0 Å². The molecule has 1 heterocycles. The summed E-state index contributed by atoms with van der Waals surface area (Å²) in [6.45, 7) is 10.1. The van der Waals surface area contributed by atoms with E-state index in [0.29, 0.717) is 30.7 Å². The van der Waals surface area contributed by atoms with Crippen LogP contribution in [0.25, 0.3) is 0 Å². The highest BCUT2D eigenvalue weighted by Crippen LogP contribution is 2.32. The van der Waals surface area contributed by atoms with Crippen molar-refractivity contribution < 1.29 is 32.2 Å². The summed E-state index contributed by atoms with van der Waals surface area (Å²) in [5.41, 5.74) is -0.542. The molecular weight excluding hydrogens is 457 g/mol. The number of amides is 1. The molecule has 0 unspecified atom stereocenters. The number of rotatable bonds is 5. The van der Waals surface area contributed by atoms with Crippen molar-refractivity contribution in [3.05, 3.63) is 22.7 Å². The molecule has 0 radical (unpaired) electrons. The standard InChI is InChI=1S/C19H26BrF3N2O4/c1-13-12-24(7-8-25(13)17(26)29-18(2,3)4)9-10-27-16-11-14(5-6-15(16)20)28-19(21,22)23/h5-6,11,13H,7-10,12H2,1-4H3/t13-/m1/s1. The van der Waals surface area contributed by atoms with Gasteiger partial charge in [0.1, 0.15) is 23.7 Å². The molecule has 1 atom stereocenters. The Bertz CT molecular complexity index is 710. The average molecular weight is 483 g/mol. The van der Waals surface area contributed by atoms with E-state index in [1.54, 1.807) is 4.90 Å². The van der Waals surface area contributed by atoms with Crippen molar-refractivity contribution >= 4 is 22.0 Å². The quantitative estimate of drug-likeness (QED) is 0.610. The Hall–Kier alpha value is -1.68. The molecule has 0 saturated carbocycles. The first-order chi connectivity index (χ1) is 13.3. The first-order valence-electron chi connectivity index (χ1n) is 9.24. The highest BCUT2D eigenvalue weighted by molar-refractivity contribution is 9.10. The zero-order valence-corrected chi connectivity index (χ0v) is 18.5. The van der Waals surface area contributed by atoms with Crippen molar-refractivity contribution in [1.29, 1.82) is 0 Å². The number of carbonyl (C=O) groups is 1. The molecule has 6 nitrogen and oxygen atoms in total. The lowest BCUT2D eigenvalue weighted by atomic mass is 10.2. The fraction of sp³-hybridized carbons (Fsp3) is 0.632. The lowest BCUT2D eigenvalue weighted by molar-refractivity contribution is -0.274. The number of hydrogen-bond donors (Lipinski definition) is 0. The van der Waals surface area contributed by atoms with E-state index in [-0.39, 0.29) is 30.2 Å². The van der Waals surface area contributed by atoms with Crippen LogP contribution in [0.15, 0.2) is 22.7 Å². The van der Waals surface area contributed by atoms with Crippen LogP contribution in [0.5, 0.6) is 11.5 Å². The van der Waals surface area contributed by atoms with Crippen LogP contribution in [-0.4, -0.2) is 66.7 Å². The van der Waals surface area contributed by atoms with Gasteiger partial charge in [-0.05, 0) is 55.8 Å². The second-order valence-electron chi connectivity index (χ2n) is 7.81. The smallest absolute Gasteiger partial charge is 0.491 e. The molecule has 29 heavy (non-hydrogen) atoms. The van der Waals surface area contributed by atoms with E-state index in [2.05, 4.69) is 25.6 Å². The van der Waals surface area contributed by atoms with Crippen molar-refractivity contribution in [3.8, 4) is 11.5 Å². The maximum absolute atomic E-state index is 12.4. The zero-order chi connectivity index (χ0) is 21.8. The predicted molar refractivity (Wildman–Crippen MR) is 105 cm³/mol. The van der Waals surface area contributed by atoms with Gasteiger partial charge in [0.25, 0.3) is 0 Å². The summed E-state index contributed by atoms with van der Waals surface area (Å²) >= 11 is 3.26. The van der Waals surface area contributed by atoms with Gasteiger partial charge in [0.15, 0.2) is 0 Å². The van der Waals surface area contributed by atoms with Crippen LogP contribution < -0.4 is 9.47 Å².